The van der Waals surface area contributed by atoms with Gasteiger partial charge in [0.25, 0.3) is 0 Å². The summed E-state index contributed by atoms with van der Waals surface area (Å²) < 4.78 is 12.5. The van der Waals surface area contributed by atoms with Crippen LogP contribution in [0, 0.1) is 17.8 Å². The van der Waals surface area contributed by atoms with Gasteiger partial charge in [-0.3, -0.25) is 19.3 Å². The first kappa shape index (κ1) is 39.9. The molecule has 7 atom stereocenters. The van der Waals surface area contributed by atoms with Gasteiger partial charge < -0.3 is 30.3 Å². The zero-order valence-electron chi connectivity index (χ0n) is 33.6. The maximum absolute atomic E-state index is 15.5. The number of benzene rings is 5. The molecule has 10 nitrogen and oxygen atoms in total. The van der Waals surface area contributed by atoms with Gasteiger partial charge in [-0.1, -0.05) is 121 Å². The predicted molar refractivity (Wildman–Crippen MR) is 230 cm³/mol. The first-order valence-electron chi connectivity index (χ1n) is 21.0. The lowest BCUT2D eigenvalue weighted by atomic mass is 9.65. The van der Waals surface area contributed by atoms with Crippen molar-refractivity contribution in [2.24, 2.45) is 5.92 Å². The van der Waals surface area contributed by atoms with Gasteiger partial charge in [0.15, 0.2) is 0 Å². The minimum atomic E-state index is -1.74. The van der Waals surface area contributed by atoms with Crippen LogP contribution in [0.15, 0.2) is 145 Å². The third-order valence-electron chi connectivity index (χ3n) is 12.4. The second kappa shape index (κ2) is 17.2. The van der Waals surface area contributed by atoms with E-state index >= 15 is 14.4 Å². The Kier molecular flexibility index (Phi) is 11.3. The molecular weight excluding hydrogens is 767 g/mol. The molecule has 61 heavy (non-hydrogen) atoms. The monoisotopic (exact) mass is 813 g/mol. The summed E-state index contributed by atoms with van der Waals surface area (Å²) in [7, 11) is 0. The van der Waals surface area contributed by atoms with Crippen molar-refractivity contribution >= 4 is 23.5 Å². The number of carbonyl (C=O) groups excluding carboxylic acids is 3. The Labute approximate surface area is 355 Å². The molecule has 308 valence electrons. The Hall–Kier alpha value is -6.51. The molecule has 5 aromatic rings. The van der Waals surface area contributed by atoms with Crippen molar-refractivity contribution in [3.8, 4) is 17.6 Å². The summed E-state index contributed by atoms with van der Waals surface area (Å²) in [6.07, 6.45) is 4.38. The van der Waals surface area contributed by atoms with Crippen molar-refractivity contribution in [2.45, 2.75) is 61.4 Å². The van der Waals surface area contributed by atoms with Crippen LogP contribution < -0.4 is 15.4 Å². The van der Waals surface area contributed by atoms with E-state index in [1.54, 1.807) is 18.2 Å². The summed E-state index contributed by atoms with van der Waals surface area (Å²) in [6, 6.07) is 38.2. The van der Waals surface area contributed by atoms with Crippen LogP contribution in [0.4, 0.5) is 5.69 Å². The van der Waals surface area contributed by atoms with Crippen LogP contribution in [-0.2, 0) is 24.5 Å². The normalized spacial score (nSPS) is 24.6. The lowest BCUT2D eigenvalue weighted by molar-refractivity contribution is -0.178. The number of anilines is 1. The molecule has 2 amide bonds. The summed E-state index contributed by atoms with van der Waals surface area (Å²) in [4.78, 5) is 48.0. The van der Waals surface area contributed by atoms with Gasteiger partial charge in [0.1, 0.15) is 29.9 Å². The largest absolute Gasteiger partial charge is 0.491 e. The zero-order chi connectivity index (χ0) is 41.9. The lowest BCUT2D eigenvalue weighted by Crippen LogP contribution is -2.55. The predicted octanol–water partition coefficient (Wildman–Crippen LogP) is 7.03. The first-order chi connectivity index (χ1) is 29.9. The molecule has 0 bridgehead atoms. The molecule has 2 saturated heterocycles. The number of esters is 1. The van der Waals surface area contributed by atoms with Crippen molar-refractivity contribution in [1.82, 2.24) is 10.2 Å². The quantitative estimate of drug-likeness (QED) is 0.0872. The van der Waals surface area contributed by atoms with E-state index < -0.39 is 59.5 Å². The number of amides is 2. The molecule has 0 aromatic heterocycles. The minimum absolute atomic E-state index is 0.0389. The molecule has 9 rings (SSSR count). The number of ether oxygens (including phenoxy) is 2. The maximum Gasteiger partial charge on any atom is 0.324 e. The fraction of sp³-hybridized carbons (Fsp3) is 0.275. The van der Waals surface area contributed by atoms with E-state index in [-0.39, 0.29) is 19.8 Å². The van der Waals surface area contributed by atoms with Crippen LogP contribution in [0.25, 0.3) is 0 Å². The van der Waals surface area contributed by atoms with Crippen LogP contribution in [0.2, 0.25) is 0 Å². The number of aliphatic hydroxyl groups is 2. The summed E-state index contributed by atoms with van der Waals surface area (Å²) in [5.41, 5.74) is 3.83. The number of hydrogen-bond donors (Lipinski definition) is 4. The van der Waals surface area contributed by atoms with E-state index in [0.717, 1.165) is 42.4 Å². The summed E-state index contributed by atoms with van der Waals surface area (Å²) in [5, 5.41) is 27.1. The number of nitrogens with one attached hydrogen (secondary N) is 2. The van der Waals surface area contributed by atoms with Gasteiger partial charge in [0, 0.05) is 17.8 Å². The molecular formula is C51H47N3O7. The molecule has 4 aliphatic rings. The molecule has 3 heterocycles. The van der Waals surface area contributed by atoms with E-state index in [2.05, 4.69) is 28.6 Å². The molecule has 1 aliphatic carbocycles. The Morgan fingerprint density at radius 2 is 1.57 bits per heavy atom. The molecule has 3 aliphatic heterocycles. The van der Waals surface area contributed by atoms with Gasteiger partial charge in [-0.15, -0.1) is 0 Å². The molecule has 2 fully saturated rings. The lowest BCUT2D eigenvalue weighted by Gasteiger charge is -2.46. The van der Waals surface area contributed by atoms with Gasteiger partial charge in [0.2, 0.25) is 11.8 Å². The van der Waals surface area contributed by atoms with Crippen molar-refractivity contribution in [3.63, 3.8) is 0 Å². The Morgan fingerprint density at radius 3 is 2.30 bits per heavy atom. The fourth-order valence-corrected chi connectivity index (χ4v) is 9.81. The number of morpholine rings is 1. The van der Waals surface area contributed by atoms with Gasteiger partial charge in [-0.2, -0.15) is 0 Å². The summed E-state index contributed by atoms with van der Waals surface area (Å²) in [6.45, 7) is -0.340. The topological polar surface area (TPSA) is 137 Å². The van der Waals surface area contributed by atoms with Gasteiger partial charge in [-0.25, -0.2) is 0 Å². The number of carbonyl (C=O) groups is 3. The average Bonchev–Trinajstić information content (AvgIpc) is 3.79. The molecule has 7 unspecified atom stereocenters. The van der Waals surface area contributed by atoms with Crippen LogP contribution in [-0.4, -0.2) is 58.7 Å². The second-order valence-electron chi connectivity index (χ2n) is 16.0. The second-order valence-corrected chi connectivity index (χ2v) is 16.0. The third kappa shape index (κ3) is 7.39. The number of hydrogen-bond acceptors (Lipinski definition) is 8. The van der Waals surface area contributed by atoms with Crippen molar-refractivity contribution in [3.05, 3.63) is 178 Å². The van der Waals surface area contributed by atoms with E-state index in [9.17, 15) is 10.2 Å². The van der Waals surface area contributed by atoms with Crippen LogP contribution in [0.1, 0.15) is 83.4 Å². The number of fused-ring (bicyclic) bond motifs is 3. The van der Waals surface area contributed by atoms with Gasteiger partial charge in [0.05, 0.1) is 30.7 Å². The zero-order valence-corrected chi connectivity index (χ0v) is 33.6. The minimum Gasteiger partial charge on any atom is -0.491 e. The smallest absolute Gasteiger partial charge is 0.324 e. The highest BCUT2D eigenvalue weighted by molar-refractivity contribution is 6.12. The van der Waals surface area contributed by atoms with Crippen molar-refractivity contribution in [1.29, 1.82) is 0 Å². The summed E-state index contributed by atoms with van der Waals surface area (Å²) >= 11 is 0. The maximum atomic E-state index is 15.5. The highest BCUT2D eigenvalue weighted by Crippen LogP contribution is 2.65. The first-order valence-corrected chi connectivity index (χ1v) is 21.0. The Bertz CT molecular complexity index is 2520. The number of aliphatic hydroxyl groups excluding tert-OH is 2. The van der Waals surface area contributed by atoms with Crippen LogP contribution >= 0.6 is 0 Å². The number of rotatable bonds is 10. The van der Waals surface area contributed by atoms with Gasteiger partial charge >= 0.3 is 5.97 Å². The molecule has 5 aromatic carbocycles. The van der Waals surface area contributed by atoms with E-state index in [4.69, 9.17) is 9.47 Å². The Morgan fingerprint density at radius 1 is 0.852 bits per heavy atom. The molecule has 1 spiro atoms. The fourth-order valence-electron chi connectivity index (χ4n) is 9.81. The average molecular weight is 814 g/mol. The SMILES string of the molecule is O=C1OC(c2ccccc2)C(c2ccccc2)N2C1C(C(=O)NCC(O)c1ccccc1)C1(C(=O)Nc3ccc(C#CC4=CCCCC4)cc31)C2c1cccc(OCCO)c1. The van der Waals surface area contributed by atoms with Crippen LogP contribution in [0.3, 0.4) is 0 Å². The van der Waals surface area contributed by atoms with Crippen molar-refractivity contribution in [2.75, 3.05) is 25.1 Å². The number of allylic oxidation sites excluding steroid dienone is 2. The summed E-state index contributed by atoms with van der Waals surface area (Å²) in [5.74, 6) is 4.10. The Balaban J connectivity index is 1.29. The highest BCUT2D eigenvalue weighted by atomic mass is 16.6. The van der Waals surface area contributed by atoms with Crippen LogP contribution in [0.5, 0.6) is 5.75 Å². The van der Waals surface area contributed by atoms with E-state index in [0.29, 0.717) is 33.7 Å². The van der Waals surface area contributed by atoms with E-state index in [1.807, 2.05) is 120 Å². The van der Waals surface area contributed by atoms with Crippen molar-refractivity contribution < 1.29 is 34.1 Å². The standard InChI is InChI=1S/C51H47N3O7/c55-28-29-60-39-23-13-22-38(31-39)47-51(40-30-34(26-27-41(40)53-50(51)59)25-24-33-14-5-1-6-15-33)43(48(57)52-32-42(56)35-16-7-2-8-17-35)45-49(58)61-46(37-20-11-4-12-21-37)44(54(45)47)36-18-9-3-10-19-36/h2-4,7-14,16-23,26-27,30-31,42-47,55-56H,1,5-6,15,28-29,32H2,(H,52,57)(H,53,59). The van der Waals surface area contributed by atoms with E-state index in [1.165, 1.54) is 0 Å². The third-order valence-corrected chi connectivity index (χ3v) is 12.4. The molecule has 0 radical (unpaired) electrons. The molecule has 4 N–H and O–H groups in total. The molecule has 0 saturated carbocycles. The highest BCUT2D eigenvalue weighted by Gasteiger charge is 2.74. The number of cyclic esters (lactones) is 1. The molecule has 10 heteroatoms. The van der Waals surface area contributed by atoms with Gasteiger partial charge in [-0.05, 0) is 89.4 Å². The number of nitrogens with zero attached hydrogens (tertiary/aromatic N) is 1.